The zero-order valence-electron chi connectivity index (χ0n) is 18.4. The minimum Gasteiger partial charge on any atom is -0.391 e. The molecule has 0 aromatic heterocycles. The summed E-state index contributed by atoms with van der Waals surface area (Å²) >= 11 is 0. The summed E-state index contributed by atoms with van der Waals surface area (Å²) in [5.41, 5.74) is -2.71. The molecular formula is C24H22F7NO3. The van der Waals surface area contributed by atoms with E-state index in [-0.39, 0.29) is 36.9 Å². The molecule has 0 aliphatic carbocycles. The molecule has 2 aromatic rings. The molecule has 2 unspecified atom stereocenters. The van der Waals surface area contributed by atoms with Gasteiger partial charge in [0.05, 0.1) is 35.5 Å². The maximum atomic E-state index is 13.5. The fourth-order valence-corrected chi connectivity index (χ4v) is 4.92. The van der Waals surface area contributed by atoms with E-state index in [4.69, 9.17) is 4.74 Å². The van der Waals surface area contributed by atoms with Crippen LogP contribution in [0.3, 0.4) is 0 Å². The first kappa shape index (κ1) is 25.4. The fraction of sp³-hybridized carbons (Fsp3) is 0.458. The average Bonchev–Trinajstić information content (AvgIpc) is 3.15. The lowest BCUT2D eigenvalue weighted by molar-refractivity contribution is -0.143. The van der Waals surface area contributed by atoms with Crippen LogP contribution in [0.5, 0.6) is 0 Å². The molecule has 2 aromatic carbocycles. The quantitative estimate of drug-likeness (QED) is 0.562. The Bertz CT molecular complexity index is 1050. The van der Waals surface area contributed by atoms with E-state index in [1.54, 1.807) is 0 Å². The number of rotatable bonds is 4. The van der Waals surface area contributed by atoms with E-state index in [1.165, 1.54) is 36.1 Å². The van der Waals surface area contributed by atoms with Crippen molar-refractivity contribution in [3.8, 4) is 0 Å². The number of benzene rings is 2. The van der Waals surface area contributed by atoms with Crippen LogP contribution in [0.4, 0.5) is 30.7 Å². The van der Waals surface area contributed by atoms with Crippen LogP contribution in [0.2, 0.25) is 0 Å². The van der Waals surface area contributed by atoms with Crippen molar-refractivity contribution >= 4 is 5.91 Å². The Hall–Kier alpha value is -2.66. The third-order valence-electron chi connectivity index (χ3n) is 6.59. The molecule has 35 heavy (non-hydrogen) atoms. The number of carbonyl (C=O) groups is 1. The van der Waals surface area contributed by atoms with Crippen LogP contribution in [0, 0.1) is 5.82 Å². The summed E-state index contributed by atoms with van der Waals surface area (Å²) in [4.78, 5) is 13.9. The highest BCUT2D eigenvalue weighted by atomic mass is 19.4. The first-order valence-corrected chi connectivity index (χ1v) is 10.9. The third-order valence-corrected chi connectivity index (χ3v) is 6.59. The number of hydrogen-bond acceptors (Lipinski definition) is 3. The maximum Gasteiger partial charge on any atom is 0.416 e. The molecule has 0 radical (unpaired) electrons. The fourth-order valence-electron chi connectivity index (χ4n) is 4.92. The Morgan fingerprint density at radius 3 is 2.11 bits per heavy atom. The van der Waals surface area contributed by atoms with Crippen LogP contribution in [0.25, 0.3) is 0 Å². The molecule has 2 fully saturated rings. The van der Waals surface area contributed by atoms with Crippen molar-refractivity contribution in [2.24, 2.45) is 0 Å². The van der Waals surface area contributed by atoms with Crippen molar-refractivity contribution in [2.75, 3.05) is 6.54 Å². The van der Waals surface area contributed by atoms with Gasteiger partial charge in [0.15, 0.2) is 0 Å². The molecule has 5 atom stereocenters. The van der Waals surface area contributed by atoms with Crippen molar-refractivity contribution in [3.63, 3.8) is 0 Å². The van der Waals surface area contributed by atoms with E-state index < -0.39 is 59.6 Å². The molecule has 11 heteroatoms. The monoisotopic (exact) mass is 505 g/mol. The molecule has 4 rings (SSSR count). The van der Waals surface area contributed by atoms with Gasteiger partial charge >= 0.3 is 12.4 Å². The van der Waals surface area contributed by atoms with Crippen molar-refractivity contribution in [3.05, 3.63) is 70.5 Å². The number of halogens is 7. The Kier molecular flexibility index (Phi) is 6.60. The predicted molar refractivity (Wildman–Crippen MR) is 110 cm³/mol. The number of carbonyl (C=O) groups excluding carboxylic acids is 1. The van der Waals surface area contributed by atoms with Gasteiger partial charge in [-0.15, -0.1) is 0 Å². The Balaban J connectivity index is 1.70. The van der Waals surface area contributed by atoms with Crippen LogP contribution >= 0.6 is 0 Å². The molecular weight excluding hydrogens is 483 g/mol. The molecule has 0 spiro atoms. The molecule has 0 saturated carbocycles. The summed E-state index contributed by atoms with van der Waals surface area (Å²) in [6, 6.07) is 5.85. The minimum atomic E-state index is -5.00. The van der Waals surface area contributed by atoms with Crippen LogP contribution < -0.4 is 0 Å². The summed E-state index contributed by atoms with van der Waals surface area (Å²) in [5.74, 6) is -1.42. The molecule has 1 N–H and O–H groups in total. The summed E-state index contributed by atoms with van der Waals surface area (Å²) in [6.07, 6.45) is -12.7. The number of amides is 1. The maximum absolute atomic E-state index is 13.5. The molecule has 0 bridgehead atoms. The van der Waals surface area contributed by atoms with Crippen LogP contribution in [-0.2, 0) is 21.9 Å². The topological polar surface area (TPSA) is 49.8 Å². The normalized spacial score (nSPS) is 26.1. The first-order chi connectivity index (χ1) is 16.3. The molecule has 2 heterocycles. The Labute approximate surface area is 196 Å². The molecule has 2 aliphatic rings. The number of aliphatic hydroxyl groups is 1. The lowest BCUT2D eigenvalue weighted by atomic mass is 9.84. The highest BCUT2D eigenvalue weighted by Crippen LogP contribution is 2.43. The second-order valence-electron chi connectivity index (χ2n) is 8.88. The lowest BCUT2D eigenvalue weighted by Crippen LogP contribution is -2.49. The van der Waals surface area contributed by atoms with Gasteiger partial charge in [0.25, 0.3) is 0 Å². The van der Waals surface area contributed by atoms with Gasteiger partial charge in [-0.1, -0.05) is 12.1 Å². The second-order valence-corrected chi connectivity index (χ2v) is 8.88. The van der Waals surface area contributed by atoms with Gasteiger partial charge in [-0.3, -0.25) is 4.79 Å². The van der Waals surface area contributed by atoms with Crippen molar-refractivity contribution in [1.82, 2.24) is 4.90 Å². The van der Waals surface area contributed by atoms with Crippen LogP contribution in [-0.4, -0.2) is 40.7 Å². The molecule has 4 nitrogen and oxygen atoms in total. The first-order valence-electron chi connectivity index (χ1n) is 10.9. The van der Waals surface area contributed by atoms with Crippen LogP contribution in [0.15, 0.2) is 42.5 Å². The standard InChI is InChI=1S/C24H22F7NO3/c1-12(14-8-15(23(26,27)28)10-16(9-14)24(29,30)31)35-19-11-32-20(34)7-6-18(33)22(32)21(19)13-2-4-17(25)5-3-13/h2-5,8-10,12,18-19,21-22,33H,6-7,11H2,1H3/t12-,18?,19+,21?,22+/m1/s1. The summed E-state index contributed by atoms with van der Waals surface area (Å²) in [6.45, 7) is 1.31. The molecule has 2 aliphatic heterocycles. The lowest BCUT2D eigenvalue weighted by Gasteiger charge is -2.36. The van der Waals surface area contributed by atoms with E-state index in [0.29, 0.717) is 17.7 Å². The zero-order valence-corrected chi connectivity index (χ0v) is 18.4. The number of piperidine rings is 1. The van der Waals surface area contributed by atoms with Gasteiger partial charge in [0, 0.05) is 18.9 Å². The Morgan fingerprint density at radius 2 is 1.57 bits per heavy atom. The van der Waals surface area contributed by atoms with Gasteiger partial charge in [-0.05, 0) is 54.8 Å². The van der Waals surface area contributed by atoms with Gasteiger partial charge in [-0.25, -0.2) is 4.39 Å². The number of nitrogens with zero attached hydrogens (tertiary/aromatic N) is 1. The second kappa shape index (κ2) is 9.09. The SMILES string of the molecule is C[C@@H](O[C@H]1CN2C(=O)CCC(O)[C@H]2C1c1ccc(F)cc1)c1cc(C(F)(F)F)cc(C(F)(F)F)c1. The van der Waals surface area contributed by atoms with E-state index >= 15 is 0 Å². The van der Waals surface area contributed by atoms with E-state index in [2.05, 4.69) is 0 Å². The Morgan fingerprint density at radius 1 is 1.00 bits per heavy atom. The minimum absolute atomic E-state index is 0.0158. The zero-order chi connectivity index (χ0) is 25.7. The van der Waals surface area contributed by atoms with Gasteiger partial charge in [0.2, 0.25) is 5.91 Å². The highest BCUT2D eigenvalue weighted by Gasteiger charge is 2.51. The average molecular weight is 505 g/mol. The van der Waals surface area contributed by atoms with Crippen molar-refractivity contribution < 1.29 is 45.4 Å². The predicted octanol–water partition coefficient (Wildman–Crippen LogP) is 5.46. The molecule has 2 saturated heterocycles. The van der Waals surface area contributed by atoms with E-state index in [0.717, 1.165) is 0 Å². The number of alkyl halides is 6. The van der Waals surface area contributed by atoms with Gasteiger partial charge in [-0.2, -0.15) is 26.3 Å². The van der Waals surface area contributed by atoms with Crippen molar-refractivity contribution in [1.29, 1.82) is 0 Å². The largest absolute Gasteiger partial charge is 0.416 e. The number of aliphatic hydroxyl groups excluding tert-OH is 1. The summed E-state index contributed by atoms with van der Waals surface area (Å²) in [5, 5.41) is 10.6. The van der Waals surface area contributed by atoms with E-state index in [9.17, 15) is 40.6 Å². The number of hydrogen-bond donors (Lipinski definition) is 1. The summed E-state index contributed by atoms with van der Waals surface area (Å²) in [7, 11) is 0. The number of fused-ring (bicyclic) bond motifs is 1. The molecule has 1 amide bonds. The van der Waals surface area contributed by atoms with Gasteiger partial charge < -0.3 is 14.7 Å². The van der Waals surface area contributed by atoms with Crippen molar-refractivity contribution in [2.45, 2.75) is 62.4 Å². The smallest absolute Gasteiger partial charge is 0.391 e. The highest BCUT2D eigenvalue weighted by molar-refractivity contribution is 5.78. The van der Waals surface area contributed by atoms with Gasteiger partial charge in [0.1, 0.15) is 5.82 Å². The van der Waals surface area contributed by atoms with Crippen LogP contribution in [0.1, 0.15) is 54.0 Å². The summed E-state index contributed by atoms with van der Waals surface area (Å²) < 4.78 is 99.3. The third kappa shape index (κ3) is 5.16. The number of ether oxygens (including phenoxy) is 1. The molecule has 190 valence electrons. The van der Waals surface area contributed by atoms with E-state index in [1.807, 2.05) is 0 Å².